The highest BCUT2D eigenvalue weighted by Crippen LogP contribution is 2.52. The second-order valence-electron chi connectivity index (χ2n) is 16.2. The van der Waals surface area contributed by atoms with Crippen molar-refractivity contribution in [3.8, 4) is 22.3 Å². The van der Waals surface area contributed by atoms with Crippen LogP contribution in [0.2, 0.25) is 0 Å². The number of allylic oxidation sites excluding steroid dienone is 11. The minimum absolute atomic E-state index is 0.0148. The first-order valence-corrected chi connectivity index (χ1v) is 20.8. The summed E-state index contributed by atoms with van der Waals surface area (Å²) in [4.78, 5) is 2.43. The Hall–Kier alpha value is -6.44. The number of hydrogen-bond donors (Lipinski definition) is 0. The third-order valence-electron chi connectivity index (χ3n) is 11.9. The zero-order valence-electron chi connectivity index (χ0n) is 34.3. The molecule has 6 aromatic carbocycles. The lowest BCUT2D eigenvalue weighted by Crippen LogP contribution is -2.20. The third kappa shape index (κ3) is 7.91. The largest absolute Gasteiger partial charge is 0.310 e. The van der Waals surface area contributed by atoms with Gasteiger partial charge in [0.05, 0.1) is 0 Å². The molecule has 58 heavy (non-hydrogen) atoms. The van der Waals surface area contributed by atoms with Crippen molar-refractivity contribution >= 4 is 33.8 Å². The van der Waals surface area contributed by atoms with E-state index in [4.69, 9.17) is 0 Å². The van der Waals surface area contributed by atoms with Crippen LogP contribution in [-0.2, 0) is 5.41 Å². The molecule has 1 nitrogen and oxygen atoms in total. The monoisotopic (exact) mass is 751 g/mol. The van der Waals surface area contributed by atoms with E-state index in [0.717, 1.165) is 30.6 Å². The Morgan fingerprint density at radius 3 is 1.84 bits per heavy atom. The maximum absolute atomic E-state index is 3.46. The SMILES string of the molecule is C=C/C=C\C.CC1C=CC2=C(C1)C(C)(C)c1cc(N(c3ccc(C4=CCCC(c5ccccc5)=C4)cc3)c3ccc(-c4cccc(-c5ccccc5)c4)cc3)ccc12. The van der Waals surface area contributed by atoms with Crippen molar-refractivity contribution in [2.75, 3.05) is 4.90 Å². The van der Waals surface area contributed by atoms with Crippen molar-refractivity contribution in [2.45, 2.75) is 52.4 Å². The minimum atomic E-state index is -0.0148. The molecule has 0 fully saturated rings. The molecule has 0 heterocycles. The summed E-state index contributed by atoms with van der Waals surface area (Å²) in [6.45, 7) is 12.6. The number of anilines is 3. The van der Waals surface area contributed by atoms with E-state index >= 15 is 0 Å². The Morgan fingerprint density at radius 2 is 1.22 bits per heavy atom. The minimum Gasteiger partial charge on any atom is -0.310 e. The van der Waals surface area contributed by atoms with Gasteiger partial charge in [-0.15, -0.1) is 0 Å². The Bertz CT molecular complexity index is 2560. The molecule has 3 aliphatic rings. The van der Waals surface area contributed by atoms with Crippen LogP contribution in [0, 0.1) is 5.92 Å². The van der Waals surface area contributed by atoms with E-state index < -0.39 is 0 Å². The normalized spacial score (nSPS) is 16.4. The van der Waals surface area contributed by atoms with Crippen LogP contribution < -0.4 is 4.90 Å². The molecular formula is C57H53N. The fourth-order valence-corrected chi connectivity index (χ4v) is 8.77. The van der Waals surface area contributed by atoms with Crippen LogP contribution in [0.25, 0.3) is 39.0 Å². The van der Waals surface area contributed by atoms with Gasteiger partial charge in [-0.3, -0.25) is 0 Å². The fraction of sp³-hybridized carbons (Fsp3) is 0.158. The average Bonchev–Trinajstić information content (AvgIpc) is 3.50. The van der Waals surface area contributed by atoms with Crippen molar-refractivity contribution in [2.24, 2.45) is 5.92 Å². The molecule has 9 rings (SSSR count). The van der Waals surface area contributed by atoms with Gasteiger partial charge in [-0.05, 0) is 136 Å². The predicted octanol–water partition coefficient (Wildman–Crippen LogP) is 16.1. The molecule has 0 N–H and O–H groups in total. The molecule has 0 bridgehead atoms. The maximum Gasteiger partial charge on any atom is 0.0465 e. The van der Waals surface area contributed by atoms with Gasteiger partial charge in [0, 0.05) is 22.5 Å². The van der Waals surface area contributed by atoms with Gasteiger partial charge in [0.15, 0.2) is 0 Å². The van der Waals surface area contributed by atoms with Gasteiger partial charge in [0.2, 0.25) is 0 Å². The van der Waals surface area contributed by atoms with Crippen LogP contribution in [-0.4, -0.2) is 0 Å². The highest BCUT2D eigenvalue weighted by atomic mass is 15.1. The lowest BCUT2D eigenvalue weighted by atomic mass is 9.76. The average molecular weight is 752 g/mol. The van der Waals surface area contributed by atoms with Crippen molar-refractivity contribution < 1.29 is 0 Å². The molecule has 0 aromatic heterocycles. The zero-order chi connectivity index (χ0) is 40.1. The fourth-order valence-electron chi connectivity index (χ4n) is 8.77. The van der Waals surface area contributed by atoms with E-state index in [0.29, 0.717) is 5.92 Å². The predicted molar refractivity (Wildman–Crippen MR) is 252 cm³/mol. The summed E-state index contributed by atoms with van der Waals surface area (Å²) in [6.07, 6.45) is 18.3. The highest BCUT2D eigenvalue weighted by Gasteiger charge is 2.38. The second-order valence-corrected chi connectivity index (χ2v) is 16.2. The van der Waals surface area contributed by atoms with Crippen molar-refractivity contribution in [1.29, 1.82) is 0 Å². The standard InChI is InChI=1S/C52H45N.C5H8/c1-36-20-30-48-49-31-29-47(35-51(49)52(2,3)50(48)32-36)53(45-25-21-39(22-26-45)43-18-10-16-41(33-43)37-12-6-4-7-13-37)46-27-23-40(24-28-46)44-19-11-17-42(34-44)38-14-8-5-9-15-38;1-3-5-4-2/h4-10,12-16,18-31,33-36H,11,17,32H2,1-3H3;3-5H,1H2,2H3/b;5-4-. The van der Waals surface area contributed by atoms with Gasteiger partial charge in [-0.1, -0.05) is 185 Å². The van der Waals surface area contributed by atoms with Gasteiger partial charge in [-0.2, -0.15) is 0 Å². The number of hydrogen-bond acceptors (Lipinski definition) is 1. The number of fused-ring (bicyclic) bond motifs is 2. The van der Waals surface area contributed by atoms with Gasteiger partial charge >= 0.3 is 0 Å². The Morgan fingerprint density at radius 1 is 0.638 bits per heavy atom. The van der Waals surface area contributed by atoms with Crippen LogP contribution in [0.3, 0.4) is 0 Å². The number of benzene rings is 6. The van der Waals surface area contributed by atoms with Crippen LogP contribution in [0.15, 0.2) is 206 Å². The quantitative estimate of drug-likeness (QED) is 0.140. The molecular weight excluding hydrogens is 699 g/mol. The molecule has 0 saturated carbocycles. The van der Waals surface area contributed by atoms with Crippen molar-refractivity contribution in [3.63, 3.8) is 0 Å². The molecule has 0 amide bonds. The smallest absolute Gasteiger partial charge is 0.0465 e. The van der Waals surface area contributed by atoms with E-state index in [1.54, 1.807) is 11.6 Å². The molecule has 0 radical (unpaired) electrons. The maximum atomic E-state index is 3.46. The summed E-state index contributed by atoms with van der Waals surface area (Å²) in [6, 6.07) is 55.7. The van der Waals surface area contributed by atoms with Gasteiger partial charge in [-0.25, -0.2) is 0 Å². The molecule has 1 unspecified atom stereocenters. The first-order valence-electron chi connectivity index (χ1n) is 20.8. The van der Waals surface area contributed by atoms with E-state index in [1.807, 2.05) is 19.1 Å². The summed E-state index contributed by atoms with van der Waals surface area (Å²) in [7, 11) is 0. The summed E-state index contributed by atoms with van der Waals surface area (Å²) in [5.74, 6) is 0.571. The van der Waals surface area contributed by atoms with Crippen LogP contribution in [0.5, 0.6) is 0 Å². The van der Waals surface area contributed by atoms with Gasteiger partial charge < -0.3 is 4.90 Å². The summed E-state index contributed by atoms with van der Waals surface area (Å²) in [5, 5.41) is 0. The zero-order valence-corrected chi connectivity index (χ0v) is 34.3. The summed E-state index contributed by atoms with van der Waals surface area (Å²) < 4.78 is 0. The van der Waals surface area contributed by atoms with E-state index in [9.17, 15) is 0 Å². The highest BCUT2D eigenvalue weighted by molar-refractivity contribution is 5.90. The first-order chi connectivity index (χ1) is 28.3. The first kappa shape index (κ1) is 38.4. The molecule has 1 heteroatoms. The Balaban J connectivity index is 0.000000887. The molecule has 6 aromatic rings. The second kappa shape index (κ2) is 17.0. The molecule has 0 aliphatic heterocycles. The molecule has 286 valence electrons. The van der Waals surface area contributed by atoms with Crippen LogP contribution in [0.1, 0.15) is 69.2 Å². The lowest BCUT2D eigenvalue weighted by Gasteiger charge is -2.30. The summed E-state index contributed by atoms with van der Waals surface area (Å²) in [5.41, 5.74) is 19.4. The van der Waals surface area contributed by atoms with E-state index in [2.05, 4.69) is 208 Å². The topological polar surface area (TPSA) is 3.24 Å². The molecule has 0 spiro atoms. The Kier molecular flexibility index (Phi) is 11.2. The van der Waals surface area contributed by atoms with Crippen molar-refractivity contribution in [1.82, 2.24) is 0 Å². The summed E-state index contributed by atoms with van der Waals surface area (Å²) >= 11 is 0. The van der Waals surface area contributed by atoms with Crippen molar-refractivity contribution in [3.05, 3.63) is 229 Å². The molecule has 1 atom stereocenters. The van der Waals surface area contributed by atoms with Gasteiger partial charge in [0.25, 0.3) is 0 Å². The number of rotatable bonds is 8. The third-order valence-corrected chi connectivity index (χ3v) is 11.9. The van der Waals surface area contributed by atoms with Gasteiger partial charge in [0.1, 0.15) is 0 Å². The lowest BCUT2D eigenvalue weighted by molar-refractivity contribution is 0.566. The Labute approximate surface area is 346 Å². The molecule has 0 saturated heterocycles. The van der Waals surface area contributed by atoms with Crippen LogP contribution >= 0.6 is 0 Å². The van der Waals surface area contributed by atoms with Crippen LogP contribution in [0.4, 0.5) is 17.1 Å². The number of nitrogens with zero attached hydrogens (tertiary/aromatic N) is 1. The van der Waals surface area contributed by atoms with E-state index in [1.165, 1.54) is 66.9 Å². The molecule has 3 aliphatic carbocycles. The van der Waals surface area contributed by atoms with E-state index in [-0.39, 0.29) is 5.41 Å².